The molecule has 2 aromatic rings. The Hall–Kier alpha value is -2.44. The maximum atomic E-state index is 12.4. The van der Waals surface area contributed by atoms with E-state index in [4.69, 9.17) is 5.73 Å². The minimum Gasteiger partial charge on any atom is -0.349 e. The molecule has 26 heavy (non-hydrogen) atoms. The Bertz CT molecular complexity index is 832. The van der Waals surface area contributed by atoms with Gasteiger partial charge in [0, 0.05) is 11.4 Å². The van der Waals surface area contributed by atoms with Crippen LogP contribution in [0.25, 0.3) is 0 Å². The molecule has 0 saturated carbocycles. The SMILES string of the molecule is C[C@H](N)C(=O)N[C@H](C=CS(=O)(=O)c1ccccc1)CCc1ccccc1. The van der Waals surface area contributed by atoms with Crippen LogP contribution >= 0.6 is 0 Å². The largest absolute Gasteiger partial charge is 0.349 e. The van der Waals surface area contributed by atoms with Gasteiger partial charge in [-0.15, -0.1) is 0 Å². The third-order valence-corrected chi connectivity index (χ3v) is 5.33. The third kappa shape index (κ3) is 6.13. The predicted molar refractivity (Wildman–Crippen MR) is 103 cm³/mol. The Morgan fingerprint density at radius 1 is 1.08 bits per heavy atom. The van der Waals surface area contributed by atoms with E-state index in [0.717, 1.165) is 11.0 Å². The lowest BCUT2D eigenvalue weighted by Gasteiger charge is -2.17. The van der Waals surface area contributed by atoms with Crippen molar-refractivity contribution in [1.82, 2.24) is 5.32 Å². The second-order valence-corrected chi connectivity index (χ2v) is 7.95. The zero-order valence-corrected chi connectivity index (χ0v) is 15.5. The quantitative estimate of drug-likeness (QED) is 0.745. The molecule has 1 amide bonds. The van der Waals surface area contributed by atoms with E-state index in [1.807, 2.05) is 30.3 Å². The summed E-state index contributed by atoms with van der Waals surface area (Å²) in [7, 11) is -3.56. The zero-order chi connectivity index (χ0) is 19.0. The maximum Gasteiger partial charge on any atom is 0.237 e. The smallest absolute Gasteiger partial charge is 0.237 e. The molecule has 2 rings (SSSR count). The summed E-state index contributed by atoms with van der Waals surface area (Å²) in [6, 6.07) is 16.9. The van der Waals surface area contributed by atoms with Crippen LogP contribution in [0.3, 0.4) is 0 Å². The van der Waals surface area contributed by atoms with E-state index in [2.05, 4.69) is 5.32 Å². The fourth-order valence-electron chi connectivity index (χ4n) is 2.38. The van der Waals surface area contributed by atoms with E-state index >= 15 is 0 Å². The number of carbonyl (C=O) groups is 1. The number of benzene rings is 2. The van der Waals surface area contributed by atoms with Crippen LogP contribution in [0, 0.1) is 0 Å². The lowest BCUT2D eigenvalue weighted by molar-refractivity contribution is -0.122. The van der Waals surface area contributed by atoms with Crippen molar-refractivity contribution in [3.05, 3.63) is 77.7 Å². The molecule has 0 aliphatic rings. The molecule has 0 saturated heterocycles. The molecule has 0 fully saturated rings. The molecule has 138 valence electrons. The number of aryl methyl sites for hydroxylation is 1. The zero-order valence-electron chi connectivity index (χ0n) is 14.7. The second-order valence-electron chi connectivity index (χ2n) is 6.11. The van der Waals surface area contributed by atoms with Crippen LogP contribution in [0.2, 0.25) is 0 Å². The normalized spacial score (nSPS) is 14.1. The van der Waals surface area contributed by atoms with E-state index in [-0.39, 0.29) is 10.8 Å². The van der Waals surface area contributed by atoms with Crippen LogP contribution in [-0.2, 0) is 21.1 Å². The minimum absolute atomic E-state index is 0.219. The lowest BCUT2D eigenvalue weighted by Crippen LogP contribution is -2.43. The highest BCUT2D eigenvalue weighted by Gasteiger charge is 2.15. The van der Waals surface area contributed by atoms with Crippen LogP contribution in [-0.4, -0.2) is 26.4 Å². The molecule has 0 aliphatic heterocycles. The van der Waals surface area contributed by atoms with Gasteiger partial charge in [0.15, 0.2) is 9.84 Å². The van der Waals surface area contributed by atoms with Crippen molar-refractivity contribution < 1.29 is 13.2 Å². The number of amides is 1. The van der Waals surface area contributed by atoms with Gasteiger partial charge in [0.2, 0.25) is 5.91 Å². The third-order valence-electron chi connectivity index (χ3n) is 3.89. The molecular weight excluding hydrogens is 348 g/mol. The Balaban J connectivity index is 2.13. The molecule has 6 heteroatoms. The molecule has 2 aromatic carbocycles. The van der Waals surface area contributed by atoms with Crippen molar-refractivity contribution in [3.8, 4) is 0 Å². The van der Waals surface area contributed by atoms with Gasteiger partial charge in [0.1, 0.15) is 0 Å². The van der Waals surface area contributed by atoms with E-state index < -0.39 is 21.9 Å². The average molecular weight is 372 g/mol. The number of sulfone groups is 1. The average Bonchev–Trinajstić information content (AvgIpc) is 2.65. The number of hydrogen-bond donors (Lipinski definition) is 2. The first-order valence-electron chi connectivity index (χ1n) is 8.47. The molecule has 0 radical (unpaired) electrons. The molecule has 0 spiro atoms. The molecule has 0 bridgehead atoms. The van der Waals surface area contributed by atoms with Gasteiger partial charge in [0.25, 0.3) is 0 Å². The monoisotopic (exact) mass is 372 g/mol. The first kappa shape index (κ1) is 19.9. The van der Waals surface area contributed by atoms with Crippen LogP contribution in [0.1, 0.15) is 18.9 Å². The molecule has 0 heterocycles. The van der Waals surface area contributed by atoms with Crippen molar-refractivity contribution in [2.75, 3.05) is 0 Å². The van der Waals surface area contributed by atoms with Crippen LogP contribution < -0.4 is 11.1 Å². The highest BCUT2D eigenvalue weighted by molar-refractivity contribution is 7.94. The van der Waals surface area contributed by atoms with Gasteiger partial charge in [-0.3, -0.25) is 4.79 Å². The van der Waals surface area contributed by atoms with Crippen LogP contribution in [0.5, 0.6) is 0 Å². The summed E-state index contributed by atoms with van der Waals surface area (Å²) < 4.78 is 24.8. The molecule has 0 aliphatic carbocycles. The lowest BCUT2D eigenvalue weighted by atomic mass is 10.0. The number of nitrogens with two attached hydrogens (primary N) is 1. The topological polar surface area (TPSA) is 89.3 Å². The fraction of sp³-hybridized carbons (Fsp3) is 0.250. The van der Waals surface area contributed by atoms with E-state index in [1.165, 1.54) is 6.08 Å². The van der Waals surface area contributed by atoms with E-state index in [0.29, 0.717) is 12.8 Å². The van der Waals surface area contributed by atoms with Gasteiger partial charge in [-0.2, -0.15) is 0 Å². The number of nitrogens with one attached hydrogen (secondary N) is 1. The van der Waals surface area contributed by atoms with Crippen molar-refractivity contribution >= 4 is 15.7 Å². The molecule has 0 aromatic heterocycles. The van der Waals surface area contributed by atoms with Gasteiger partial charge >= 0.3 is 0 Å². The predicted octanol–water partition coefficient (Wildman–Crippen LogP) is 2.44. The van der Waals surface area contributed by atoms with E-state index in [1.54, 1.807) is 37.3 Å². The number of hydrogen-bond acceptors (Lipinski definition) is 4. The van der Waals surface area contributed by atoms with Crippen molar-refractivity contribution in [1.29, 1.82) is 0 Å². The van der Waals surface area contributed by atoms with Gasteiger partial charge in [-0.05, 0) is 37.5 Å². The van der Waals surface area contributed by atoms with Crippen molar-refractivity contribution in [2.45, 2.75) is 36.7 Å². The number of rotatable bonds is 8. The molecular formula is C20H24N2O3S. The molecule has 5 nitrogen and oxygen atoms in total. The summed E-state index contributed by atoms with van der Waals surface area (Å²) in [4.78, 5) is 12.2. The Morgan fingerprint density at radius 3 is 2.23 bits per heavy atom. The summed E-state index contributed by atoms with van der Waals surface area (Å²) in [5, 5.41) is 3.95. The standard InChI is InChI=1S/C20H24N2O3S/c1-16(21)20(23)22-18(13-12-17-8-4-2-5-9-17)14-15-26(24,25)19-10-6-3-7-11-19/h2-11,14-16,18H,12-13,21H2,1H3,(H,22,23)/t16-,18-/m0/s1. The second kappa shape index (κ2) is 9.31. The van der Waals surface area contributed by atoms with Crippen LogP contribution in [0.4, 0.5) is 0 Å². The summed E-state index contributed by atoms with van der Waals surface area (Å²) >= 11 is 0. The van der Waals surface area contributed by atoms with Gasteiger partial charge in [-0.1, -0.05) is 54.6 Å². The Kier molecular flexibility index (Phi) is 7.12. The summed E-state index contributed by atoms with van der Waals surface area (Å²) in [6.07, 6.45) is 2.80. The van der Waals surface area contributed by atoms with Gasteiger partial charge < -0.3 is 11.1 Å². The summed E-state index contributed by atoms with van der Waals surface area (Å²) in [5.74, 6) is -0.315. The minimum atomic E-state index is -3.56. The van der Waals surface area contributed by atoms with Crippen molar-refractivity contribution in [2.24, 2.45) is 5.73 Å². The molecule has 2 atom stereocenters. The highest BCUT2D eigenvalue weighted by atomic mass is 32.2. The summed E-state index contributed by atoms with van der Waals surface area (Å²) in [5.41, 5.74) is 6.73. The summed E-state index contributed by atoms with van der Waals surface area (Å²) in [6.45, 7) is 1.59. The van der Waals surface area contributed by atoms with Crippen LogP contribution in [0.15, 0.2) is 77.0 Å². The highest BCUT2D eigenvalue weighted by Crippen LogP contribution is 2.13. The Morgan fingerprint density at radius 2 is 1.65 bits per heavy atom. The first-order valence-corrected chi connectivity index (χ1v) is 10.0. The van der Waals surface area contributed by atoms with E-state index in [9.17, 15) is 13.2 Å². The van der Waals surface area contributed by atoms with Crippen molar-refractivity contribution in [3.63, 3.8) is 0 Å². The Labute approximate surface area is 154 Å². The maximum absolute atomic E-state index is 12.4. The molecule has 3 N–H and O–H groups in total. The number of carbonyl (C=O) groups excluding carboxylic acids is 1. The first-order chi connectivity index (χ1) is 12.4. The fourth-order valence-corrected chi connectivity index (χ4v) is 3.47. The van der Waals surface area contributed by atoms with Gasteiger partial charge in [0.05, 0.1) is 10.9 Å². The molecule has 0 unspecified atom stereocenters. The van der Waals surface area contributed by atoms with Gasteiger partial charge in [-0.25, -0.2) is 8.42 Å².